The van der Waals surface area contributed by atoms with Gasteiger partial charge in [-0.3, -0.25) is 14.6 Å². The normalized spacial score (nSPS) is 16.9. The molecule has 1 aliphatic rings. The number of sulfonamides is 1. The molecule has 1 atom stereocenters. The topological polar surface area (TPSA) is 108 Å². The second-order valence-electron chi connectivity index (χ2n) is 7.89. The van der Waals surface area contributed by atoms with E-state index in [9.17, 15) is 13.2 Å². The average molecular weight is 450 g/mol. The molecule has 1 amide bonds. The van der Waals surface area contributed by atoms with E-state index in [4.69, 9.17) is 4.52 Å². The van der Waals surface area contributed by atoms with Crippen LogP contribution in [0, 0.1) is 13.8 Å². The summed E-state index contributed by atoms with van der Waals surface area (Å²) in [7, 11) is -3.88. The molecule has 2 heterocycles. The van der Waals surface area contributed by atoms with Gasteiger partial charge in [0.25, 0.3) is 0 Å². The van der Waals surface area contributed by atoms with Gasteiger partial charge in [0.05, 0.1) is 6.04 Å². The number of piperazine rings is 1. The van der Waals surface area contributed by atoms with Crippen LogP contribution in [0.2, 0.25) is 0 Å². The molecule has 9 nitrogen and oxygen atoms in total. The fourth-order valence-corrected chi connectivity index (χ4v) is 5.24. The van der Waals surface area contributed by atoms with E-state index in [-0.39, 0.29) is 22.3 Å². The van der Waals surface area contributed by atoms with E-state index < -0.39 is 16.1 Å². The van der Waals surface area contributed by atoms with Gasteiger partial charge in [-0.05, 0) is 26.3 Å². The quantitative estimate of drug-likeness (QED) is 0.585. The van der Waals surface area contributed by atoms with Crippen LogP contribution in [0.3, 0.4) is 0 Å². The Morgan fingerprint density at radius 1 is 1.13 bits per heavy atom. The Morgan fingerprint density at radius 2 is 1.77 bits per heavy atom. The molecule has 3 rings (SSSR count). The fourth-order valence-electron chi connectivity index (χ4n) is 3.71. The molecule has 170 valence electrons. The second kappa shape index (κ2) is 10.4. The summed E-state index contributed by atoms with van der Waals surface area (Å²) in [6.07, 6.45) is 0. The number of amides is 1. The van der Waals surface area contributed by atoms with Gasteiger partial charge in [0.15, 0.2) is 5.76 Å². The first kappa shape index (κ1) is 23.4. The molecule has 10 heteroatoms. The molecule has 1 aliphatic heterocycles. The number of benzene rings is 1. The van der Waals surface area contributed by atoms with Crippen molar-refractivity contribution in [3.05, 3.63) is 47.3 Å². The Bertz CT molecular complexity index is 949. The van der Waals surface area contributed by atoms with Crippen molar-refractivity contribution in [1.29, 1.82) is 0 Å². The highest BCUT2D eigenvalue weighted by Crippen LogP contribution is 2.18. The maximum Gasteiger partial charge on any atom is 0.246 e. The third-order valence-electron chi connectivity index (χ3n) is 5.40. The van der Waals surface area contributed by atoms with E-state index in [1.54, 1.807) is 6.92 Å². The average Bonchev–Trinajstić information content (AvgIpc) is 3.08. The van der Waals surface area contributed by atoms with Crippen LogP contribution in [0.5, 0.6) is 0 Å². The molecule has 1 fully saturated rings. The van der Waals surface area contributed by atoms with Crippen molar-refractivity contribution in [3.63, 3.8) is 0 Å². The summed E-state index contributed by atoms with van der Waals surface area (Å²) < 4.78 is 32.4. The maximum absolute atomic E-state index is 12.5. The molecule has 1 saturated heterocycles. The summed E-state index contributed by atoms with van der Waals surface area (Å²) in [5, 5.41) is 6.48. The monoisotopic (exact) mass is 449 g/mol. The number of rotatable bonds is 9. The highest BCUT2D eigenvalue weighted by molar-refractivity contribution is 7.89. The highest BCUT2D eigenvalue weighted by atomic mass is 32.2. The van der Waals surface area contributed by atoms with Crippen molar-refractivity contribution in [2.75, 3.05) is 39.3 Å². The van der Waals surface area contributed by atoms with Crippen LogP contribution in [0.15, 0.2) is 39.8 Å². The van der Waals surface area contributed by atoms with Crippen LogP contribution in [-0.4, -0.2) is 74.6 Å². The van der Waals surface area contributed by atoms with E-state index in [0.29, 0.717) is 6.54 Å². The fraction of sp³-hybridized carbons (Fsp3) is 0.524. The SMILES string of the molecule is Cc1noc(C)c1S(=O)(=O)N[C@@H](C)C(=O)NCCN1CCN(Cc2ccccc2)CC1. The van der Waals surface area contributed by atoms with Gasteiger partial charge in [0.1, 0.15) is 10.6 Å². The molecule has 0 saturated carbocycles. The largest absolute Gasteiger partial charge is 0.360 e. The molecule has 0 radical (unpaired) electrons. The maximum atomic E-state index is 12.5. The van der Waals surface area contributed by atoms with E-state index >= 15 is 0 Å². The van der Waals surface area contributed by atoms with Gasteiger partial charge >= 0.3 is 0 Å². The zero-order valence-electron chi connectivity index (χ0n) is 18.3. The van der Waals surface area contributed by atoms with Crippen molar-refractivity contribution >= 4 is 15.9 Å². The van der Waals surface area contributed by atoms with Gasteiger partial charge < -0.3 is 9.84 Å². The summed E-state index contributed by atoms with van der Waals surface area (Å²) in [6.45, 7) is 10.6. The van der Waals surface area contributed by atoms with Crippen LogP contribution < -0.4 is 10.0 Å². The second-order valence-corrected chi connectivity index (χ2v) is 9.54. The first-order valence-corrected chi connectivity index (χ1v) is 12.0. The van der Waals surface area contributed by atoms with E-state index in [1.807, 2.05) is 6.07 Å². The summed E-state index contributed by atoms with van der Waals surface area (Å²) in [5.74, 6) is -0.165. The molecular weight excluding hydrogens is 418 g/mol. The Hall–Kier alpha value is -2.27. The van der Waals surface area contributed by atoms with Gasteiger partial charge in [0.2, 0.25) is 15.9 Å². The number of aryl methyl sites for hydroxylation is 2. The summed E-state index contributed by atoms with van der Waals surface area (Å²) >= 11 is 0. The Kier molecular flexibility index (Phi) is 7.82. The van der Waals surface area contributed by atoms with E-state index in [0.717, 1.165) is 39.3 Å². The van der Waals surface area contributed by atoms with E-state index in [2.05, 4.69) is 49.3 Å². The minimum atomic E-state index is -3.88. The van der Waals surface area contributed by atoms with Gasteiger partial charge in [-0.15, -0.1) is 0 Å². The van der Waals surface area contributed by atoms with Gasteiger partial charge in [-0.1, -0.05) is 35.5 Å². The zero-order chi connectivity index (χ0) is 22.4. The smallest absolute Gasteiger partial charge is 0.246 e. The van der Waals surface area contributed by atoms with Crippen LogP contribution in [-0.2, 0) is 21.4 Å². The first-order valence-electron chi connectivity index (χ1n) is 10.5. The standard InChI is InChI=1S/C21H31N5O4S/c1-16-20(18(3)30-23-16)31(28,29)24-17(2)21(27)22-9-10-25-11-13-26(14-12-25)15-19-7-5-4-6-8-19/h4-8,17,24H,9-15H2,1-3H3,(H,22,27)/t17-/m0/s1. The first-order chi connectivity index (χ1) is 14.8. The van der Waals surface area contributed by atoms with Crippen molar-refractivity contribution in [1.82, 2.24) is 25.0 Å². The van der Waals surface area contributed by atoms with Gasteiger partial charge in [-0.2, -0.15) is 4.72 Å². The summed E-state index contributed by atoms with van der Waals surface area (Å²) in [6, 6.07) is 9.53. The lowest BCUT2D eigenvalue weighted by Gasteiger charge is -2.34. The molecular formula is C21H31N5O4S. The number of carbonyl (C=O) groups excluding carboxylic acids is 1. The lowest BCUT2D eigenvalue weighted by Crippen LogP contribution is -2.50. The number of nitrogens with one attached hydrogen (secondary N) is 2. The molecule has 0 unspecified atom stereocenters. The predicted octanol–water partition coefficient (Wildman–Crippen LogP) is 0.892. The van der Waals surface area contributed by atoms with Crippen molar-refractivity contribution < 1.29 is 17.7 Å². The molecule has 2 aromatic rings. The number of hydrogen-bond acceptors (Lipinski definition) is 7. The number of aromatic nitrogens is 1. The van der Waals surface area contributed by atoms with Crippen LogP contribution in [0.25, 0.3) is 0 Å². The Balaban J connectivity index is 1.38. The van der Waals surface area contributed by atoms with Gasteiger partial charge in [0, 0.05) is 45.8 Å². The van der Waals surface area contributed by atoms with Crippen LogP contribution in [0.4, 0.5) is 0 Å². The number of carbonyl (C=O) groups is 1. The predicted molar refractivity (Wildman–Crippen MR) is 117 cm³/mol. The van der Waals surface area contributed by atoms with Crippen molar-refractivity contribution in [3.8, 4) is 0 Å². The summed E-state index contributed by atoms with van der Waals surface area (Å²) in [5.41, 5.74) is 1.58. The Labute approximate surface area is 183 Å². The third-order valence-corrected chi connectivity index (χ3v) is 7.19. The summed E-state index contributed by atoms with van der Waals surface area (Å²) in [4.78, 5) is 17.1. The number of nitrogens with zero attached hydrogens (tertiary/aromatic N) is 3. The van der Waals surface area contributed by atoms with Crippen molar-refractivity contribution in [2.45, 2.75) is 38.3 Å². The lowest BCUT2D eigenvalue weighted by atomic mass is 10.2. The molecule has 1 aromatic carbocycles. The minimum Gasteiger partial charge on any atom is -0.360 e. The molecule has 1 aromatic heterocycles. The highest BCUT2D eigenvalue weighted by Gasteiger charge is 2.28. The molecule has 31 heavy (non-hydrogen) atoms. The zero-order valence-corrected chi connectivity index (χ0v) is 19.1. The van der Waals surface area contributed by atoms with E-state index in [1.165, 1.54) is 19.4 Å². The molecule has 0 spiro atoms. The van der Waals surface area contributed by atoms with Crippen molar-refractivity contribution in [2.24, 2.45) is 0 Å². The Morgan fingerprint density at radius 3 is 2.39 bits per heavy atom. The molecule has 2 N–H and O–H groups in total. The minimum absolute atomic E-state index is 0.0134. The van der Waals surface area contributed by atoms with Crippen LogP contribution >= 0.6 is 0 Å². The lowest BCUT2D eigenvalue weighted by molar-refractivity contribution is -0.122. The number of hydrogen-bond donors (Lipinski definition) is 2. The molecule has 0 aliphatic carbocycles. The molecule has 0 bridgehead atoms. The van der Waals surface area contributed by atoms with Crippen LogP contribution in [0.1, 0.15) is 23.9 Å². The van der Waals surface area contributed by atoms with Gasteiger partial charge in [-0.25, -0.2) is 8.42 Å². The third kappa shape index (κ3) is 6.36.